The molecule has 1 unspecified atom stereocenters. The van der Waals surface area contributed by atoms with Gasteiger partial charge in [0.1, 0.15) is 0 Å². The van der Waals surface area contributed by atoms with Crippen LogP contribution in [0, 0.1) is 11.6 Å². The van der Waals surface area contributed by atoms with E-state index in [1.54, 1.807) is 6.07 Å². The maximum atomic E-state index is 13.5. The highest BCUT2D eigenvalue weighted by molar-refractivity contribution is 5.65. The zero-order valence-corrected chi connectivity index (χ0v) is 14.9. The Morgan fingerprint density at radius 2 is 1.54 bits per heavy atom. The van der Waals surface area contributed by atoms with Gasteiger partial charge >= 0.3 is 0 Å². The minimum Gasteiger partial charge on any atom is -0.204 e. The van der Waals surface area contributed by atoms with Gasteiger partial charge in [-0.2, -0.15) is 0 Å². The van der Waals surface area contributed by atoms with Gasteiger partial charge in [-0.05, 0) is 77.1 Å². The molecule has 1 aliphatic rings. The Kier molecular flexibility index (Phi) is 4.58. The first-order valence-corrected chi connectivity index (χ1v) is 9.30. The second-order valence-electron chi connectivity index (χ2n) is 7.15. The number of hydrogen-bond donors (Lipinski definition) is 0. The fourth-order valence-corrected chi connectivity index (χ4v) is 3.92. The summed E-state index contributed by atoms with van der Waals surface area (Å²) in [4.78, 5) is 0. The van der Waals surface area contributed by atoms with Gasteiger partial charge in [-0.25, -0.2) is 8.78 Å². The number of halogens is 2. The van der Waals surface area contributed by atoms with Crippen LogP contribution in [0.25, 0.3) is 11.1 Å². The van der Waals surface area contributed by atoms with E-state index in [-0.39, 0.29) is 0 Å². The van der Waals surface area contributed by atoms with Crippen LogP contribution in [0.3, 0.4) is 0 Å². The summed E-state index contributed by atoms with van der Waals surface area (Å²) >= 11 is 0. The summed E-state index contributed by atoms with van der Waals surface area (Å²) in [6.07, 6.45) is 4.26. The van der Waals surface area contributed by atoms with Crippen LogP contribution in [-0.4, -0.2) is 0 Å². The summed E-state index contributed by atoms with van der Waals surface area (Å²) in [5, 5.41) is 0. The highest BCUT2D eigenvalue weighted by atomic mass is 19.2. The van der Waals surface area contributed by atoms with Crippen molar-refractivity contribution in [1.29, 1.82) is 0 Å². The lowest BCUT2D eigenvalue weighted by molar-refractivity contribution is 0.509. The largest absolute Gasteiger partial charge is 0.204 e. The van der Waals surface area contributed by atoms with E-state index in [4.69, 9.17) is 0 Å². The maximum Gasteiger partial charge on any atom is 0.159 e. The molecule has 1 aliphatic carbocycles. The fraction of sp³-hybridized carbons (Fsp3) is 0.250. The van der Waals surface area contributed by atoms with Crippen molar-refractivity contribution in [1.82, 2.24) is 0 Å². The number of rotatable bonds is 3. The lowest BCUT2D eigenvalue weighted by atomic mass is 9.79. The molecule has 0 radical (unpaired) electrons. The minimum absolute atomic E-state index is 0.558. The Morgan fingerprint density at radius 1 is 0.808 bits per heavy atom. The molecule has 0 saturated heterocycles. The van der Waals surface area contributed by atoms with Gasteiger partial charge in [0.25, 0.3) is 0 Å². The lowest BCUT2D eigenvalue weighted by Gasteiger charge is -2.26. The highest BCUT2D eigenvalue weighted by Crippen LogP contribution is 2.35. The Balaban J connectivity index is 1.57. The molecule has 2 heteroatoms. The Labute approximate surface area is 153 Å². The van der Waals surface area contributed by atoms with Crippen molar-refractivity contribution < 1.29 is 8.78 Å². The van der Waals surface area contributed by atoms with Gasteiger partial charge in [-0.3, -0.25) is 0 Å². The van der Waals surface area contributed by atoms with Gasteiger partial charge in [0.05, 0.1) is 0 Å². The van der Waals surface area contributed by atoms with Crippen LogP contribution >= 0.6 is 0 Å². The third kappa shape index (κ3) is 3.29. The van der Waals surface area contributed by atoms with E-state index in [9.17, 15) is 8.78 Å². The predicted molar refractivity (Wildman–Crippen MR) is 102 cm³/mol. The molecule has 0 saturated carbocycles. The second-order valence-corrected chi connectivity index (χ2v) is 7.15. The molecule has 0 heterocycles. The van der Waals surface area contributed by atoms with Crippen LogP contribution in [0.2, 0.25) is 0 Å². The van der Waals surface area contributed by atoms with Gasteiger partial charge in [0, 0.05) is 0 Å². The SMILES string of the molecule is CCc1ccc(C2CCc3cc(-c4ccc(F)c(F)c4)ccc3C2)cc1. The zero-order valence-electron chi connectivity index (χ0n) is 14.9. The topological polar surface area (TPSA) is 0 Å². The summed E-state index contributed by atoms with van der Waals surface area (Å²) in [7, 11) is 0. The van der Waals surface area contributed by atoms with E-state index in [0.29, 0.717) is 5.92 Å². The molecule has 4 rings (SSSR count). The van der Waals surface area contributed by atoms with Crippen molar-refractivity contribution in [3.05, 3.63) is 94.6 Å². The van der Waals surface area contributed by atoms with E-state index >= 15 is 0 Å². The van der Waals surface area contributed by atoms with Crippen LogP contribution in [-0.2, 0) is 19.3 Å². The Hall–Kier alpha value is -2.48. The van der Waals surface area contributed by atoms with Gasteiger partial charge < -0.3 is 0 Å². The molecule has 0 spiro atoms. The van der Waals surface area contributed by atoms with Crippen molar-refractivity contribution in [2.75, 3.05) is 0 Å². The fourth-order valence-electron chi connectivity index (χ4n) is 3.92. The first-order chi connectivity index (χ1) is 12.6. The summed E-state index contributed by atoms with van der Waals surface area (Å²) in [5.41, 5.74) is 7.16. The van der Waals surface area contributed by atoms with Crippen LogP contribution in [0.4, 0.5) is 8.78 Å². The van der Waals surface area contributed by atoms with Crippen molar-refractivity contribution in [2.24, 2.45) is 0 Å². The molecular weight excluding hydrogens is 326 g/mol. The molecular formula is C24H22F2. The summed E-state index contributed by atoms with van der Waals surface area (Å²) in [6.45, 7) is 2.18. The molecule has 1 atom stereocenters. The van der Waals surface area contributed by atoms with E-state index in [0.717, 1.165) is 36.8 Å². The summed E-state index contributed by atoms with van der Waals surface area (Å²) < 4.78 is 26.7. The molecule has 0 fully saturated rings. The Morgan fingerprint density at radius 3 is 2.27 bits per heavy atom. The minimum atomic E-state index is -0.802. The van der Waals surface area contributed by atoms with Crippen molar-refractivity contribution >= 4 is 0 Å². The summed E-state index contributed by atoms with van der Waals surface area (Å²) in [6, 6.07) is 19.4. The summed E-state index contributed by atoms with van der Waals surface area (Å²) in [5.74, 6) is -1.04. The molecule has 0 nitrogen and oxygen atoms in total. The molecule has 0 aliphatic heterocycles. The van der Waals surface area contributed by atoms with Gasteiger partial charge in [-0.15, -0.1) is 0 Å². The van der Waals surface area contributed by atoms with Crippen molar-refractivity contribution in [2.45, 2.75) is 38.5 Å². The molecule has 26 heavy (non-hydrogen) atoms. The first kappa shape index (κ1) is 17.0. The van der Waals surface area contributed by atoms with Crippen LogP contribution in [0.5, 0.6) is 0 Å². The molecule has 132 valence electrons. The number of benzene rings is 3. The highest BCUT2D eigenvalue weighted by Gasteiger charge is 2.20. The third-order valence-corrected chi connectivity index (χ3v) is 5.55. The van der Waals surface area contributed by atoms with E-state index in [2.05, 4.69) is 43.3 Å². The van der Waals surface area contributed by atoms with Crippen LogP contribution in [0.15, 0.2) is 60.7 Å². The molecule has 0 bridgehead atoms. The molecule has 0 aromatic heterocycles. The van der Waals surface area contributed by atoms with Gasteiger partial charge in [0.2, 0.25) is 0 Å². The van der Waals surface area contributed by atoms with Gasteiger partial charge in [-0.1, -0.05) is 55.5 Å². The standard InChI is InChI=1S/C24H22F2/c1-2-16-3-5-17(6-4-16)18-7-8-20-14-21(10-9-19(20)13-18)22-11-12-23(25)24(26)15-22/h3-6,9-12,14-15,18H,2,7-8,13H2,1H3. The smallest absolute Gasteiger partial charge is 0.159 e. The molecule has 0 amide bonds. The lowest BCUT2D eigenvalue weighted by Crippen LogP contribution is -2.13. The van der Waals surface area contributed by atoms with E-state index < -0.39 is 11.6 Å². The number of fused-ring (bicyclic) bond motifs is 1. The quantitative estimate of drug-likeness (QED) is 0.509. The van der Waals surface area contributed by atoms with Crippen LogP contribution in [0.1, 0.15) is 41.5 Å². The average molecular weight is 348 g/mol. The monoisotopic (exact) mass is 348 g/mol. The van der Waals surface area contributed by atoms with E-state index in [1.807, 2.05) is 6.07 Å². The second kappa shape index (κ2) is 7.03. The molecule has 3 aromatic rings. The van der Waals surface area contributed by atoms with Crippen molar-refractivity contribution in [3.63, 3.8) is 0 Å². The van der Waals surface area contributed by atoms with Crippen molar-refractivity contribution in [3.8, 4) is 11.1 Å². The maximum absolute atomic E-state index is 13.5. The number of aryl methyl sites for hydroxylation is 2. The third-order valence-electron chi connectivity index (χ3n) is 5.55. The normalized spacial score (nSPS) is 16.3. The molecule has 3 aromatic carbocycles. The average Bonchev–Trinajstić information content (AvgIpc) is 2.69. The number of hydrogen-bond acceptors (Lipinski definition) is 0. The zero-order chi connectivity index (χ0) is 18.1. The van der Waals surface area contributed by atoms with E-state index in [1.165, 1.54) is 34.4 Å². The Bertz CT molecular complexity index is 925. The molecule has 0 N–H and O–H groups in total. The predicted octanol–water partition coefficient (Wildman–Crippen LogP) is 6.47. The van der Waals surface area contributed by atoms with Crippen LogP contribution < -0.4 is 0 Å². The van der Waals surface area contributed by atoms with Gasteiger partial charge in [0.15, 0.2) is 11.6 Å². The first-order valence-electron chi connectivity index (χ1n) is 9.30.